The largest absolute Gasteiger partial charge is 0.455 e. The predicted octanol–water partition coefficient (Wildman–Crippen LogP) is 11.4. The van der Waals surface area contributed by atoms with E-state index in [1.807, 2.05) is 18.2 Å². The first-order valence-electron chi connectivity index (χ1n) is 16.5. The number of fused-ring (bicyclic) bond motifs is 5. The van der Waals surface area contributed by atoms with E-state index in [1.54, 1.807) is 0 Å². The van der Waals surface area contributed by atoms with Crippen LogP contribution in [0.4, 0.5) is 0 Å². The molecule has 0 aliphatic heterocycles. The lowest BCUT2D eigenvalue weighted by Crippen LogP contribution is -2.28. The Balaban J connectivity index is 1.16. The molecule has 0 saturated carbocycles. The Hall–Kier alpha value is -6.51. The second-order valence-corrected chi connectivity index (χ2v) is 12.5. The van der Waals surface area contributed by atoms with Crippen molar-refractivity contribution in [3.63, 3.8) is 0 Å². The van der Waals surface area contributed by atoms with Gasteiger partial charge in [-0.2, -0.15) is 0 Å². The van der Waals surface area contributed by atoms with Gasteiger partial charge >= 0.3 is 0 Å². The Morgan fingerprint density at radius 3 is 1.80 bits per heavy atom. The summed E-state index contributed by atoms with van der Waals surface area (Å²) in [6.45, 7) is 4.64. The Morgan fingerprint density at radius 2 is 1.04 bits per heavy atom. The molecule has 1 heterocycles. The van der Waals surface area contributed by atoms with Gasteiger partial charge < -0.3 is 9.83 Å². The zero-order valence-electron chi connectivity index (χ0n) is 26.8. The summed E-state index contributed by atoms with van der Waals surface area (Å²) in [5, 5.41) is 17.0. The molecule has 9 aromatic rings. The highest BCUT2D eigenvalue weighted by Crippen LogP contribution is 2.37. The van der Waals surface area contributed by atoms with E-state index in [0.717, 1.165) is 76.5 Å². The van der Waals surface area contributed by atoms with Crippen LogP contribution in [0.5, 0.6) is 0 Å². The number of hydrogen-bond acceptors (Lipinski definition) is 2. The summed E-state index contributed by atoms with van der Waals surface area (Å²) in [6.07, 6.45) is 3.24. The second kappa shape index (κ2) is 11.6. The van der Waals surface area contributed by atoms with Crippen LogP contribution >= 0.6 is 0 Å². The minimum atomic E-state index is 0.896. The molecular formula is C47H31NO. The molecule has 9 rings (SSSR count). The Kier molecular flexibility index (Phi) is 6.81. The summed E-state index contributed by atoms with van der Waals surface area (Å²) >= 11 is 0. The molecule has 2 heteroatoms. The van der Waals surface area contributed by atoms with Gasteiger partial charge in [-0.15, -0.1) is 0 Å². The van der Waals surface area contributed by atoms with Crippen LogP contribution in [0.15, 0.2) is 162 Å². The molecule has 0 aliphatic rings. The Labute approximate surface area is 284 Å². The molecular weight excluding hydrogens is 595 g/mol. The van der Waals surface area contributed by atoms with Crippen LogP contribution in [-0.4, -0.2) is 6.21 Å². The van der Waals surface area contributed by atoms with E-state index in [9.17, 15) is 0 Å². The fourth-order valence-electron chi connectivity index (χ4n) is 7.41. The first-order chi connectivity index (χ1) is 24.2. The fourth-order valence-corrected chi connectivity index (χ4v) is 7.41. The van der Waals surface area contributed by atoms with Gasteiger partial charge in [-0.1, -0.05) is 152 Å². The van der Waals surface area contributed by atoms with Crippen molar-refractivity contribution in [2.75, 3.05) is 0 Å². The quantitative estimate of drug-likeness (QED) is 0.190. The van der Waals surface area contributed by atoms with Crippen LogP contribution < -0.4 is 10.4 Å². The molecule has 0 bridgehead atoms. The van der Waals surface area contributed by atoms with Gasteiger partial charge in [0.15, 0.2) is 0 Å². The Bertz CT molecular complexity index is 2840. The van der Waals surface area contributed by atoms with Crippen molar-refractivity contribution < 1.29 is 4.42 Å². The standard InChI is InChI=1S/C47H31NO/c1-30-38(27-28-48)46(35-22-17-32(18-23-35)37-26-19-31-9-2-3-10-36(31)29-37)42-13-5-4-12-41(42)45(30)34-24-20-33(21-25-34)39-14-8-15-43-40-11-6-7-16-44(40)49-47(39)43/h2-29,48H,1H2/b38-27+,48-28?. The maximum absolute atomic E-state index is 8.10. The molecule has 0 saturated heterocycles. The lowest BCUT2D eigenvalue weighted by atomic mass is 9.87. The average molecular weight is 626 g/mol. The minimum absolute atomic E-state index is 0.896. The molecule has 1 N–H and O–H groups in total. The van der Waals surface area contributed by atoms with E-state index in [-0.39, 0.29) is 0 Å². The molecule has 49 heavy (non-hydrogen) atoms. The maximum Gasteiger partial charge on any atom is 0.143 e. The molecule has 2 nitrogen and oxygen atoms in total. The van der Waals surface area contributed by atoms with Gasteiger partial charge in [-0.3, -0.25) is 0 Å². The third-order valence-electron chi connectivity index (χ3n) is 9.76. The number of rotatable bonds is 5. The maximum atomic E-state index is 8.10. The molecule has 0 fully saturated rings. The van der Waals surface area contributed by atoms with E-state index in [2.05, 4.69) is 152 Å². The second-order valence-electron chi connectivity index (χ2n) is 12.5. The van der Waals surface area contributed by atoms with E-state index in [1.165, 1.54) is 28.1 Å². The number of nitrogens with one attached hydrogen (secondary N) is 1. The SMILES string of the molecule is C=c1c(-c2ccc(-c3cccc4c3oc3ccccc34)cc2)c2ccccc2c(-c2ccc(-c3ccc4ccccc4c3)cc2)/c1=C/C=N. The number of para-hydroxylation sites is 2. The van der Waals surface area contributed by atoms with E-state index < -0.39 is 0 Å². The first kappa shape index (κ1) is 28.7. The fraction of sp³-hybridized carbons (Fsp3) is 0. The summed E-state index contributed by atoms with van der Waals surface area (Å²) < 4.78 is 6.34. The van der Waals surface area contributed by atoms with Crippen molar-refractivity contribution >= 4 is 62.4 Å². The van der Waals surface area contributed by atoms with Crippen molar-refractivity contribution in [1.82, 2.24) is 0 Å². The highest BCUT2D eigenvalue weighted by atomic mass is 16.3. The van der Waals surface area contributed by atoms with Gasteiger partial charge in [-0.05, 0) is 89.1 Å². The molecule has 0 radical (unpaired) electrons. The van der Waals surface area contributed by atoms with Gasteiger partial charge in [0.2, 0.25) is 0 Å². The van der Waals surface area contributed by atoms with Crippen LogP contribution in [-0.2, 0) is 0 Å². The van der Waals surface area contributed by atoms with Gasteiger partial charge in [0, 0.05) is 22.6 Å². The smallest absolute Gasteiger partial charge is 0.143 e. The minimum Gasteiger partial charge on any atom is -0.455 e. The molecule has 0 aliphatic carbocycles. The van der Waals surface area contributed by atoms with Crippen molar-refractivity contribution in [3.8, 4) is 44.5 Å². The topological polar surface area (TPSA) is 37.0 Å². The molecule has 230 valence electrons. The summed E-state index contributed by atoms with van der Waals surface area (Å²) in [6, 6.07) is 55.7. The van der Waals surface area contributed by atoms with Gasteiger partial charge in [0.1, 0.15) is 11.2 Å². The summed E-state index contributed by atoms with van der Waals surface area (Å²) in [5.41, 5.74) is 10.7. The third-order valence-corrected chi connectivity index (χ3v) is 9.76. The van der Waals surface area contributed by atoms with Gasteiger partial charge in [0.05, 0.1) is 0 Å². The summed E-state index contributed by atoms with van der Waals surface area (Å²) in [7, 11) is 0. The lowest BCUT2D eigenvalue weighted by Gasteiger charge is -2.16. The summed E-state index contributed by atoms with van der Waals surface area (Å²) in [4.78, 5) is 0. The highest BCUT2D eigenvalue weighted by Gasteiger charge is 2.16. The zero-order valence-corrected chi connectivity index (χ0v) is 26.8. The Morgan fingerprint density at radius 1 is 0.469 bits per heavy atom. The van der Waals surface area contributed by atoms with Crippen LogP contribution in [0.25, 0.3) is 101 Å². The number of hydrogen-bond donors (Lipinski definition) is 1. The van der Waals surface area contributed by atoms with E-state index in [0.29, 0.717) is 0 Å². The molecule has 8 aromatic carbocycles. The van der Waals surface area contributed by atoms with Crippen molar-refractivity contribution in [1.29, 1.82) is 5.41 Å². The molecule has 1 aromatic heterocycles. The van der Waals surface area contributed by atoms with Crippen molar-refractivity contribution in [3.05, 3.63) is 168 Å². The highest BCUT2D eigenvalue weighted by molar-refractivity contribution is 6.10. The number of furan rings is 1. The number of benzene rings is 8. The normalized spacial score (nSPS) is 12.0. The molecule has 0 amide bonds. The van der Waals surface area contributed by atoms with E-state index >= 15 is 0 Å². The van der Waals surface area contributed by atoms with Gasteiger partial charge in [0.25, 0.3) is 0 Å². The van der Waals surface area contributed by atoms with Crippen molar-refractivity contribution in [2.45, 2.75) is 0 Å². The van der Waals surface area contributed by atoms with Crippen LogP contribution in [0.2, 0.25) is 0 Å². The molecule has 0 spiro atoms. The summed E-state index contributed by atoms with van der Waals surface area (Å²) in [5.74, 6) is 0. The molecule has 0 unspecified atom stereocenters. The van der Waals surface area contributed by atoms with Crippen LogP contribution in [0, 0.1) is 5.41 Å². The van der Waals surface area contributed by atoms with Crippen LogP contribution in [0.1, 0.15) is 0 Å². The van der Waals surface area contributed by atoms with Crippen molar-refractivity contribution in [2.24, 2.45) is 0 Å². The van der Waals surface area contributed by atoms with Crippen LogP contribution in [0.3, 0.4) is 0 Å². The van der Waals surface area contributed by atoms with E-state index in [4.69, 9.17) is 9.83 Å². The molecule has 0 atom stereocenters. The average Bonchev–Trinajstić information content (AvgIpc) is 3.54. The first-order valence-corrected chi connectivity index (χ1v) is 16.5. The predicted molar refractivity (Wildman–Crippen MR) is 208 cm³/mol. The monoisotopic (exact) mass is 625 g/mol. The lowest BCUT2D eigenvalue weighted by molar-refractivity contribution is 0.670. The van der Waals surface area contributed by atoms with Gasteiger partial charge in [-0.25, -0.2) is 0 Å². The zero-order chi connectivity index (χ0) is 32.9. The third kappa shape index (κ3) is 4.77.